The Labute approximate surface area is 160 Å². The number of methoxy groups -OCH3 is 2. The summed E-state index contributed by atoms with van der Waals surface area (Å²) in [5.41, 5.74) is -0.710. The van der Waals surface area contributed by atoms with Gasteiger partial charge in [-0.15, -0.1) is 0 Å². The van der Waals surface area contributed by atoms with E-state index in [-0.39, 0.29) is 12.3 Å². The van der Waals surface area contributed by atoms with E-state index in [9.17, 15) is 14.4 Å². The zero-order chi connectivity index (χ0) is 20.2. The second kappa shape index (κ2) is 8.91. The van der Waals surface area contributed by atoms with E-state index in [1.54, 1.807) is 20.8 Å². The molecule has 8 heteroatoms. The molecule has 0 bridgehead atoms. The van der Waals surface area contributed by atoms with Crippen molar-refractivity contribution in [3.05, 3.63) is 0 Å². The summed E-state index contributed by atoms with van der Waals surface area (Å²) in [4.78, 5) is 43.0. The van der Waals surface area contributed by atoms with Crippen LogP contribution in [0.2, 0.25) is 0 Å². The minimum absolute atomic E-state index is 0.0815. The van der Waals surface area contributed by atoms with Crippen molar-refractivity contribution in [1.82, 2.24) is 5.06 Å². The lowest BCUT2D eigenvalue weighted by Gasteiger charge is -2.34. The molecular formula is C19H31NO7. The molecule has 2 fully saturated rings. The van der Waals surface area contributed by atoms with E-state index in [0.717, 1.165) is 37.2 Å². The number of hydrogen-bond acceptors (Lipinski definition) is 7. The Balaban J connectivity index is 2.34. The maximum absolute atomic E-state index is 12.8. The molecule has 0 unspecified atom stereocenters. The van der Waals surface area contributed by atoms with E-state index in [1.165, 1.54) is 14.2 Å². The maximum Gasteiger partial charge on any atom is 0.434 e. The smallest absolute Gasteiger partial charge is 0.434 e. The molecule has 1 saturated carbocycles. The van der Waals surface area contributed by atoms with Gasteiger partial charge in [-0.1, -0.05) is 19.3 Å². The van der Waals surface area contributed by atoms with Crippen LogP contribution in [0, 0.1) is 11.8 Å². The average molecular weight is 385 g/mol. The lowest BCUT2D eigenvalue weighted by molar-refractivity contribution is -0.168. The molecule has 1 saturated heterocycles. The molecule has 1 aliphatic carbocycles. The van der Waals surface area contributed by atoms with Gasteiger partial charge in [0.1, 0.15) is 17.6 Å². The van der Waals surface area contributed by atoms with Crippen molar-refractivity contribution in [3.8, 4) is 0 Å². The Morgan fingerprint density at radius 3 is 2.19 bits per heavy atom. The SMILES string of the molecule is COC(=O)C[C@@H]1ON(C(=O)OC(C)(C)C)[C@H](C2CCCCC2)[C@H]1C(=O)OC. The van der Waals surface area contributed by atoms with Crippen molar-refractivity contribution in [2.75, 3.05) is 14.2 Å². The number of nitrogens with zero attached hydrogens (tertiary/aromatic N) is 1. The summed E-state index contributed by atoms with van der Waals surface area (Å²) in [7, 11) is 2.57. The number of hydroxylamine groups is 2. The Bertz CT molecular complexity index is 551. The monoisotopic (exact) mass is 385 g/mol. The second-order valence-corrected chi connectivity index (χ2v) is 8.17. The van der Waals surface area contributed by atoms with E-state index in [0.29, 0.717) is 0 Å². The topological polar surface area (TPSA) is 91.4 Å². The van der Waals surface area contributed by atoms with Gasteiger partial charge < -0.3 is 14.2 Å². The Kier molecular flexibility index (Phi) is 7.08. The van der Waals surface area contributed by atoms with Crippen molar-refractivity contribution >= 4 is 18.0 Å². The van der Waals surface area contributed by atoms with Gasteiger partial charge in [0, 0.05) is 0 Å². The zero-order valence-electron chi connectivity index (χ0n) is 16.9. The highest BCUT2D eigenvalue weighted by Gasteiger charge is 2.54. The standard InChI is InChI=1S/C19H31NO7/c1-19(2,3)26-18(23)20-16(12-9-7-6-8-10-12)15(17(22)25-5)13(27-20)11-14(21)24-4/h12-13,15-16H,6-11H2,1-5H3/t13-,15-,16+/m0/s1. The van der Waals surface area contributed by atoms with Crippen LogP contribution in [-0.4, -0.2) is 55.1 Å². The molecule has 2 rings (SSSR count). The molecule has 2 aliphatic rings. The fraction of sp³-hybridized carbons (Fsp3) is 0.842. The van der Waals surface area contributed by atoms with Crippen molar-refractivity contribution < 1.29 is 33.4 Å². The first-order chi connectivity index (χ1) is 12.7. The number of hydrogen-bond donors (Lipinski definition) is 0. The quantitative estimate of drug-likeness (QED) is 0.543. The van der Waals surface area contributed by atoms with E-state index in [1.807, 2.05) is 0 Å². The number of amides is 1. The summed E-state index contributed by atoms with van der Waals surface area (Å²) >= 11 is 0. The van der Waals surface area contributed by atoms with Crippen LogP contribution in [0.25, 0.3) is 0 Å². The molecule has 1 aliphatic heterocycles. The lowest BCUT2D eigenvalue weighted by Crippen LogP contribution is -2.47. The predicted molar refractivity (Wildman–Crippen MR) is 95.4 cm³/mol. The van der Waals surface area contributed by atoms with Gasteiger partial charge in [-0.3, -0.25) is 14.4 Å². The minimum Gasteiger partial charge on any atom is -0.469 e. The molecule has 1 heterocycles. The van der Waals surface area contributed by atoms with E-state index in [4.69, 9.17) is 19.0 Å². The molecule has 3 atom stereocenters. The normalized spacial score (nSPS) is 26.6. The Morgan fingerprint density at radius 1 is 1.04 bits per heavy atom. The Morgan fingerprint density at radius 2 is 1.67 bits per heavy atom. The predicted octanol–water partition coefficient (Wildman–Crippen LogP) is 2.84. The van der Waals surface area contributed by atoms with Crippen LogP contribution in [0.15, 0.2) is 0 Å². The molecule has 0 aromatic rings. The molecule has 154 valence electrons. The third kappa shape index (κ3) is 5.34. The maximum atomic E-state index is 12.8. The molecular weight excluding hydrogens is 354 g/mol. The fourth-order valence-electron chi connectivity index (χ4n) is 3.92. The molecule has 0 aromatic heterocycles. The van der Waals surface area contributed by atoms with Gasteiger partial charge in [0.05, 0.1) is 26.7 Å². The van der Waals surface area contributed by atoms with Gasteiger partial charge in [0.15, 0.2) is 0 Å². The van der Waals surface area contributed by atoms with Crippen LogP contribution in [-0.2, 0) is 28.6 Å². The third-order valence-electron chi connectivity index (χ3n) is 5.06. The van der Waals surface area contributed by atoms with Crippen LogP contribution in [0.4, 0.5) is 4.79 Å². The minimum atomic E-state index is -0.829. The molecule has 0 aromatic carbocycles. The van der Waals surface area contributed by atoms with Crippen LogP contribution >= 0.6 is 0 Å². The van der Waals surface area contributed by atoms with Crippen LogP contribution in [0.3, 0.4) is 0 Å². The summed E-state index contributed by atoms with van der Waals surface area (Å²) in [5.74, 6) is -1.68. The van der Waals surface area contributed by atoms with E-state index in [2.05, 4.69) is 0 Å². The van der Waals surface area contributed by atoms with Crippen molar-refractivity contribution in [1.29, 1.82) is 0 Å². The lowest BCUT2D eigenvalue weighted by atomic mass is 9.77. The number of rotatable bonds is 4. The van der Waals surface area contributed by atoms with Crippen LogP contribution in [0.1, 0.15) is 59.3 Å². The number of esters is 2. The molecule has 8 nitrogen and oxygen atoms in total. The highest BCUT2D eigenvalue weighted by atomic mass is 16.7. The second-order valence-electron chi connectivity index (χ2n) is 8.17. The van der Waals surface area contributed by atoms with Crippen molar-refractivity contribution in [3.63, 3.8) is 0 Å². The average Bonchev–Trinajstić information content (AvgIpc) is 2.99. The highest BCUT2D eigenvalue weighted by Crippen LogP contribution is 2.41. The van der Waals surface area contributed by atoms with Gasteiger partial charge in [-0.25, -0.2) is 4.79 Å². The van der Waals surface area contributed by atoms with Gasteiger partial charge in [-0.05, 0) is 39.5 Å². The molecule has 27 heavy (non-hydrogen) atoms. The van der Waals surface area contributed by atoms with E-state index < -0.39 is 41.7 Å². The van der Waals surface area contributed by atoms with Gasteiger partial charge in [-0.2, -0.15) is 5.06 Å². The summed E-state index contributed by atoms with van der Waals surface area (Å²) in [6.45, 7) is 5.29. The molecule has 0 spiro atoms. The third-order valence-corrected chi connectivity index (χ3v) is 5.06. The summed E-state index contributed by atoms with van der Waals surface area (Å²) in [6, 6.07) is -0.526. The summed E-state index contributed by atoms with van der Waals surface area (Å²) < 4.78 is 15.2. The summed E-state index contributed by atoms with van der Waals surface area (Å²) in [6.07, 6.45) is 3.32. The van der Waals surface area contributed by atoms with E-state index >= 15 is 0 Å². The number of carbonyl (C=O) groups is 3. The fourth-order valence-corrected chi connectivity index (χ4v) is 3.92. The number of ether oxygens (including phenoxy) is 3. The summed E-state index contributed by atoms with van der Waals surface area (Å²) in [5, 5.41) is 1.16. The zero-order valence-corrected chi connectivity index (χ0v) is 16.9. The van der Waals surface area contributed by atoms with Crippen LogP contribution in [0.5, 0.6) is 0 Å². The first-order valence-electron chi connectivity index (χ1n) is 9.51. The van der Waals surface area contributed by atoms with Crippen molar-refractivity contribution in [2.45, 2.75) is 77.0 Å². The first kappa shape index (κ1) is 21.5. The van der Waals surface area contributed by atoms with Gasteiger partial charge in [0.25, 0.3) is 0 Å². The van der Waals surface area contributed by atoms with Crippen LogP contribution < -0.4 is 0 Å². The highest BCUT2D eigenvalue weighted by molar-refractivity contribution is 5.78. The molecule has 0 N–H and O–H groups in total. The first-order valence-corrected chi connectivity index (χ1v) is 9.51. The van der Waals surface area contributed by atoms with Gasteiger partial charge >= 0.3 is 18.0 Å². The molecule has 0 radical (unpaired) electrons. The van der Waals surface area contributed by atoms with Gasteiger partial charge in [0.2, 0.25) is 0 Å². The molecule has 1 amide bonds. The Hall–Kier alpha value is -1.83. The van der Waals surface area contributed by atoms with Crippen molar-refractivity contribution in [2.24, 2.45) is 11.8 Å². The number of carbonyl (C=O) groups excluding carboxylic acids is 3. The largest absolute Gasteiger partial charge is 0.469 e.